The van der Waals surface area contributed by atoms with Gasteiger partial charge in [-0.1, -0.05) is 24.3 Å². The van der Waals surface area contributed by atoms with Gasteiger partial charge in [-0.3, -0.25) is 8.80 Å². The second-order valence-electron chi connectivity index (χ2n) is 13.5. The molecule has 16 heteroatoms. The van der Waals surface area contributed by atoms with Gasteiger partial charge < -0.3 is 31.6 Å². The van der Waals surface area contributed by atoms with Crippen LogP contribution in [0, 0.1) is 0 Å². The van der Waals surface area contributed by atoms with Gasteiger partial charge in [0.15, 0.2) is 0 Å². The summed E-state index contributed by atoms with van der Waals surface area (Å²) in [5, 5.41) is 8.73. The van der Waals surface area contributed by atoms with Gasteiger partial charge in [-0.15, -0.1) is 0 Å². The van der Waals surface area contributed by atoms with Crippen LogP contribution < -0.4 is 31.6 Å². The van der Waals surface area contributed by atoms with Crippen LogP contribution in [0.1, 0.15) is 11.1 Å². The number of nitrogens with two attached hydrogens (primary N) is 2. The van der Waals surface area contributed by atoms with Gasteiger partial charge in [0.2, 0.25) is 23.8 Å². The van der Waals surface area contributed by atoms with Crippen LogP contribution in [0.15, 0.2) is 134 Å². The van der Waals surface area contributed by atoms with E-state index in [4.69, 9.17) is 30.9 Å². The molecule has 0 saturated heterocycles. The number of nitrogens with one attached hydrogen (secondary N) is 2. The topological polar surface area (TPSA) is 206 Å². The van der Waals surface area contributed by atoms with E-state index in [1.165, 1.54) is 0 Å². The first-order chi connectivity index (χ1) is 29.5. The number of benzene rings is 2. The van der Waals surface area contributed by atoms with Gasteiger partial charge >= 0.3 is 0 Å². The highest BCUT2D eigenvalue weighted by Gasteiger charge is 2.20. The third-order valence-electron chi connectivity index (χ3n) is 9.90. The summed E-state index contributed by atoms with van der Waals surface area (Å²) in [4.78, 5) is 35.4. The minimum Gasteiger partial charge on any atom is -0.497 e. The van der Waals surface area contributed by atoms with E-state index >= 15 is 0 Å². The lowest BCUT2D eigenvalue weighted by atomic mass is 10.1. The second-order valence-corrected chi connectivity index (χ2v) is 13.5. The van der Waals surface area contributed by atoms with E-state index in [2.05, 4.69) is 46.6 Å². The van der Waals surface area contributed by atoms with E-state index in [-0.39, 0.29) is 5.95 Å². The maximum atomic E-state index is 6.00. The Balaban J connectivity index is 0.000000184. The lowest BCUT2D eigenvalue weighted by Crippen LogP contribution is -2.06. The summed E-state index contributed by atoms with van der Waals surface area (Å²) in [6.45, 7) is 1.19. The minimum absolute atomic E-state index is 0.228. The molecule has 10 rings (SSSR count). The Hall–Kier alpha value is -8.40. The van der Waals surface area contributed by atoms with Crippen molar-refractivity contribution in [2.45, 2.75) is 13.1 Å². The fraction of sp³-hybridized carbons (Fsp3) is 0.0909. The largest absolute Gasteiger partial charge is 0.497 e. The molecule has 0 fully saturated rings. The van der Waals surface area contributed by atoms with Crippen LogP contribution in [0.25, 0.3) is 55.6 Å². The van der Waals surface area contributed by atoms with Crippen molar-refractivity contribution in [3.05, 3.63) is 145 Å². The molecule has 0 aliphatic rings. The van der Waals surface area contributed by atoms with Crippen molar-refractivity contribution in [3.63, 3.8) is 0 Å². The van der Waals surface area contributed by atoms with Gasteiger partial charge in [0, 0.05) is 72.2 Å². The van der Waals surface area contributed by atoms with Crippen LogP contribution in [0.5, 0.6) is 11.5 Å². The molecule has 0 bridgehead atoms. The summed E-state index contributed by atoms with van der Waals surface area (Å²) in [6.07, 6.45) is 10.4. The molecule has 16 nitrogen and oxygen atoms in total. The van der Waals surface area contributed by atoms with Crippen molar-refractivity contribution in [2.24, 2.45) is 0 Å². The number of pyridine rings is 2. The number of fused-ring (bicyclic) bond motifs is 6. The van der Waals surface area contributed by atoms with Gasteiger partial charge in [-0.2, -0.15) is 0 Å². The highest BCUT2D eigenvalue weighted by Crippen LogP contribution is 2.36. The first-order valence-corrected chi connectivity index (χ1v) is 18.9. The quantitative estimate of drug-likeness (QED) is 0.109. The van der Waals surface area contributed by atoms with Crippen molar-refractivity contribution < 1.29 is 9.47 Å². The first-order valence-electron chi connectivity index (χ1n) is 18.9. The molecule has 0 radical (unpaired) electrons. The molecule has 2 aromatic carbocycles. The summed E-state index contributed by atoms with van der Waals surface area (Å²) in [6, 6.07) is 31.3. The summed E-state index contributed by atoms with van der Waals surface area (Å²) in [5.74, 6) is 3.50. The zero-order chi connectivity index (χ0) is 41.0. The number of aromatic nitrogens is 10. The van der Waals surface area contributed by atoms with Crippen LogP contribution in [-0.4, -0.2) is 62.9 Å². The van der Waals surface area contributed by atoms with Gasteiger partial charge in [-0.25, -0.2) is 39.9 Å². The highest BCUT2D eigenvalue weighted by molar-refractivity contribution is 6.05. The van der Waals surface area contributed by atoms with Crippen molar-refractivity contribution in [2.75, 3.05) is 36.3 Å². The van der Waals surface area contributed by atoms with Gasteiger partial charge in [0.1, 0.15) is 22.8 Å². The third-order valence-corrected chi connectivity index (χ3v) is 9.90. The Bertz CT molecular complexity index is 3110. The summed E-state index contributed by atoms with van der Waals surface area (Å²) < 4.78 is 14.4. The first kappa shape index (κ1) is 37.2. The summed E-state index contributed by atoms with van der Waals surface area (Å²) in [7, 11) is 3.32. The molecule has 8 heterocycles. The number of hydrogen-bond donors (Lipinski definition) is 4. The van der Waals surface area contributed by atoms with Gasteiger partial charge in [0.25, 0.3) is 0 Å². The van der Waals surface area contributed by atoms with Crippen molar-refractivity contribution in [1.82, 2.24) is 48.7 Å². The molecular formula is C44H38N14O2. The molecule has 0 spiro atoms. The number of methoxy groups -OCH3 is 2. The predicted molar refractivity (Wildman–Crippen MR) is 233 cm³/mol. The second kappa shape index (κ2) is 16.2. The molecule has 10 aromatic rings. The Morgan fingerprint density at radius 3 is 1.67 bits per heavy atom. The Labute approximate surface area is 343 Å². The maximum absolute atomic E-state index is 6.00. The van der Waals surface area contributed by atoms with E-state index in [1.54, 1.807) is 51.4 Å². The number of anilines is 4. The van der Waals surface area contributed by atoms with Crippen LogP contribution >= 0.6 is 0 Å². The predicted octanol–water partition coefficient (Wildman–Crippen LogP) is 7.08. The van der Waals surface area contributed by atoms with Gasteiger partial charge in [-0.05, 0) is 83.9 Å². The molecule has 8 aromatic heterocycles. The average molecular weight is 795 g/mol. The molecular weight excluding hydrogens is 757 g/mol. The molecule has 0 atom stereocenters. The smallest absolute Gasteiger partial charge is 0.223 e. The zero-order valence-electron chi connectivity index (χ0n) is 32.6. The number of nitrogen functional groups attached to an aromatic ring is 2. The lowest BCUT2D eigenvalue weighted by Gasteiger charge is -2.10. The summed E-state index contributed by atoms with van der Waals surface area (Å²) >= 11 is 0. The maximum Gasteiger partial charge on any atom is 0.223 e. The fourth-order valence-electron chi connectivity index (χ4n) is 7.12. The fourth-order valence-corrected chi connectivity index (χ4v) is 7.12. The average Bonchev–Trinajstić information content (AvgIpc) is 3.82. The van der Waals surface area contributed by atoms with E-state index in [0.717, 1.165) is 78.2 Å². The Morgan fingerprint density at radius 1 is 0.517 bits per heavy atom. The number of ether oxygens (including phenoxy) is 2. The van der Waals surface area contributed by atoms with E-state index in [1.807, 2.05) is 99.8 Å². The van der Waals surface area contributed by atoms with Crippen LogP contribution in [-0.2, 0) is 13.1 Å². The van der Waals surface area contributed by atoms with E-state index in [9.17, 15) is 0 Å². The van der Waals surface area contributed by atoms with E-state index in [0.29, 0.717) is 30.9 Å². The molecule has 6 N–H and O–H groups in total. The Morgan fingerprint density at radius 2 is 1.05 bits per heavy atom. The standard InChI is InChI=1S/C30H27N7O2.C14H11N7/c1-38-22-9-5-20(6-10-22)18-34-29-32-16-13-25(36-29)27-24-4-3-15-31-28(24)37-26(27)14-17-33-30(37)35-19-21-7-11-23(39-2)12-8-21;15-13-18-6-3-9(20-13)11-8-2-1-5-17-12(8)21-10(11)4-7-19-14(21)16/h3-17H,18-19H2,1-2H3,(H,33,35)(H,32,34,36);1-7H,(H2,16,19)(H2,15,18,20). The highest BCUT2D eigenvalue weighted by atomic mass is 16.5. The SMILES string of the molecule is COc1ccc(CNc2nccc(-c3c4cccnc4n4c(NCc5ccc(OC)cc5)nccc34)n2)cc1.Nc1nccc(-c2c3cccnc3n3c(N)nccc23)n1. The van der Waals surface area contributed by atoms with E-state index < -0.39 is 0 Å². The van der Waals surface area contributed by atoms with Crippen LogP contribution in [0.2, 0.25) is 0 Å². The third kappa shape index (κ3) is 7.20. The monoisotopic (exact) mass is 794 g/mol. The zero-order valence-corrected chi connectivity index (χ0v) is 32.6. The summed E-state index contributed by atoms with van der Waals surface area (Å²) in [5.41, 5.74) is 20.7. The molecule has 0 saturated carbocycles. The minimum atomic E-state index is 0.228. The van der Waals surface area contributed by atoms with Crippen LogP contribution in [0.4, 0.5) is 23.8 Å². The number of nitrogens with zero attached hydrogens (tertiary/aromatic N) is 10. The van der Waals surface area contributed by atoms with Crippen LogP contribution in [0.3, 0.4) is 0 Å². The van der Waals surface area contributed by atoms with Crippen molar-refractivity contribution >= 4 is 56.9 Å². The van der Waals surface area contributed by atoms with Gasteiger partial charge in [0.05, 0.1) is 36.6 Å². The molecule has 0 aliphatic heterocycles. The molecule has 60 heavy (non-hydrogen) atoms. The van der Waals surface area contributed by atoms with Crippen molar-refractivity contribution in [1.29, 1.82) is 0 Å². The molecule has 0 unspecified atom stereocenters. The molecule has 296 valence electrons. The Kier molecular flexibility index (Phi) is 10.1. The number of hydrogen-bond acceptors (Lipinski definition) is 14. The number of rotatable bonds is 10. The normalized spacial score (nSPS) is 11.1. The molecule has 0 aliphatic carbocycles. The lowest BCUT2D eigenvalue weighted by molar-refractivity contribution is 0.414. The van der Waals surface area contributed by atoms with Crippen molar-refractivity contribution in [3.8, 4) is 34.0 Å². The molecule has 0 amide bonds.